The van der Waals surface area contributed by atoms with Crippen molar-refractivity contribution in [2.24, 2.45) is 0 Å². The van der Waals surface area contributed by atoms with Gasteiger partial charge in [0, 0.05) is 6.07 Å². The minimum Gasteiger partial charge on any atom is -0.512 e. The van der Waals surface area contributed by atoms with Crippen LogP contribution in [0.2, 0.25) is 0 Å². The SMILES string of the molecule is CC(C)Oc1cc(OB(O)O)ccc1C(=O)NS(C)(=O)=O. The van der Waals surface area contributed by atoms with Gasteiger partial charge in [0.15, 0.2) is 0 Å². The van der Waals surface area contributed by atoms with E-state index in [1.807, 2.05) is 4.72 Å². The number of hydrogen-bond donors (Lipinski definition) is 3. The van der Waals surface area contributed by atoms with Gasteiger partial charge in [-0.25, -0.2) is 13.1 Å². The van der Waals surface area contributed by atoms with Crippen LogP contribution in [0.3, 0.4) is 0 Å². The molecule has 0 heterocycles. The molecule has 0 fully saturated rings. The molecule has 0 spiro atoms. The van der Waals surface area contributed by atoms with E-state index in [-0.39, 0.29) is 23.2 Å². The molecule has 21 heavy (non-hydrogen) atoms. The molecule has 1 aromatic rings. The van der Waals surface area contributed by atoms with Crippen LogP contribution in [-0.2, 0) is 10.0 Å². The molecule has 1 rings (SSSR count). The summed E-state index contributed by atoms with van der Waals surface area (Å²) in [7, 11) is -5.73. The average Bonchev–Trinajstić information content (AvgIpc) is 2.24. The number of nitrogens with one attached hydrogen (secondary N) is 1. The Kier molecular flexibility index (Phi) is 5.58. The Morgan fingerprint density at radius 1 is 1.33 bits per heavy atom. The molecule has 116 valence electrons. The van der Waals surface area contributed by atoms with Crippen molar-refractivity contribution in [3.8, 4) is 11.5 Å². The van der Waals surface area contributed by atoms with Gasteiger partial charge in [0.2, 0.25) is 10.0 Å². The van der Waals surface area contributed by atoms with E-state index in [2.05, 4.69) is 4.65 Å². The minimum atomic E-state index is -3.71. The molecular weight excluding hydrogens is 301 g/mol. The Morgan fingerprint density at radius 3 is 2.43 bits per heavy atom. The fourth-order valence-corrected chi connectivity index (χ4v) is 1.91. The Labute approximate surface area is 122 Å². The smallest absolute Gasteiger partial charge is 0.512 e. The Hall–Kier alpha value is -1.78. The Bertz CT molecular complexity index is 615. The fraction of sp³-hybridized carbons (Fsp3) is 0.364. The molecule has 0 aliphatic heterocycles. The number of rotatable bonds is 6. The Morgan fingerprint density at radius 2 is 1.95 bits per heavy atom. The van der Waals surface area contributed by atoms with Crippen molar-refractivity contribution in [2.45, 2.75) is 20.0 Å². The maximum atomic E-state index is 11.9. The van der Waals surface area contributed by atoms with E-state index in [4.69, 9.17) is 14.8 Å². The predicted octanol–water partition coefficient (Wildman–Crippen LogP) is -0.488. The molecule has 1 aromatic carbocycles. The molecule has 0 aliphatic carbocycles. The van der Waals surface area contributed by atoms with Gasteiger partial charge in [-0.2, -0.15) is 0 Å². The summed E-state index contributed by atoms with van der Waals surface area (Å²) >= 11 is 0. The number of benzene rings is 1. The molecule has 0 aliphatic rings. The maximum Gasteiger partial charge on any atom is 0.707 e. The third-order valence-corrected chi connectivity index (χ3v) is 2.64. The molecule has 0 bridgehead atoms. The first kappa shape index (κ1) is 17.3. The van der Waals surface area contributed by atoms with E-state index in [1.165, 1.54) is 18.2 Å². The lowest BCUT2D eigenvalue weighted by molar-refractivity contribution is 0.0976. The van der Waals surface area contributed by atoms with E-state index in [0.717, 1.165) is 6.26 Å². The first-order valence-corrected chi connectivity index (χ1v) is 7.83. The van der Waals surface area contributed by atoms with Crippen LogP contribution in [0.4, 0.5) is 0 Å². The van der Waals surface area contributed by atoms with Crippen molar-refractivity contribution >= 4 is 23.3 Å². The van der Waals surface area contributed by atoms with Crippen LogP contribution in [0, 0.1) is 0 Å². The lowest BCUT2D eigenvalue weighted by Crippen LogP contribution is -2.30. The predicted molar refractivity (Wildman–Crippen MR) is 75.3 cm³/mol. The average molecular weight is 317 g/mol. The number of ether oxygens (including phenoxy) is 1. The third kappa shape index (κ3) is 6.02. The highest BCUT2D eigenvalue weighted by atomic mass is 32.2. The topological polar surface area (TPSA) is 122 Å². The summed E-state index contributed by atoms with van der Waals surface area (Å²) in [6.07, 6.45) is 0.567. The molecule has 0 atom stereocenters. The number of carbonyl (C=O) groups excluding carboxylic acids is 1. The summed E-state index contributed by atoms with van der Waals surface area (Å²) in [5.74, 6) is -0.745. The molecule has 3 N–H and O–H groups in total. The highest BCUT2D eigenvalue weighted by Gasteiger charge is 2.19. The van der Waals surface area contributed by atoms with E-state index < -0.39 is 23.3 Å². The van der Waals surface area contributed by atoms with E-state index >= 15 is 0 Å². The van der Waals surface area contributed by atoms with Crippen LogP contribution in [0.5, 0.6) is 11.5 Å². The van der Waals surface area contributed by atoms with Gasteiger partial charge in [-0.3, -0.25) is 4.79 Å². The summed E-state index contributed by atoms with van der Waals surface area (Å²) < 4.78 is 34.1. The van der Waals surface area contributed by atoms with Gasteiger partial charge in [-0.15, -0.1) is 0 Å². The van der Waals surface area contributed by atoms with Crippen LogP contribution in [0.1, 0.15) is 24.2 Å². The number of sulfonamides is 1. The van der Waals surface area contributed by atoms with Gasteiger partial charge in [-0.1, -0.05) is 0 Å². The quantitative estimate of drug-likeness (QED) is 0.605. The van der Waals surface area contributed by atoms with Gasteiger partial charge in [0.05, 0.1) is 17.9 Å². The molecule has 1 amide bonds. The highest BCUT2D eigenvalue weighted by Crippen LogP contribution is 2.26. The second-order valence-corrected chi connectivity index (χ2v) is 6.22. The van der Waals surface area contributed by atoms with E-state index in [0.29, 0.717) is 0 Å². The molecule has 10 heteroatoms. The molecule has 0 saturated carbocycles. The largest absolute Gasteiger partial charge is 0.707 e. The van der Waals surface area contributed by atoms with Crippen molar-refractivity contribution in [1.82, 2.24) is 4.72 Å². The molecule has 0 radical (unpaired) electrons. The second-order valence-electron chi connectivity index (χ2n) is 4.47. The molecule has 0 aromatic heterocycles. The molecule has 8 nitrogen and oxygen atoms in total. The zero-order chi connectivity index (χ0) is 16.2. The fourth-order valence-electron chi connectivity index (χ4n) is 1.46. The summed E-state index contributed by atoms with van der Waals surface area (Å²) in [4.78, 5) is 11.9. The summed E-state index contributed by atoms with van der Waals surface area (Å²) in [6.45, 7) is 3.43. The van der Waals surface area contributed by atoms with Gasteiger partial charge in [0.1, 0.15) is 11.5 Å². The second kappa shape index (κ2) is 6.79. The minimum absolute atomic E-state index is 0.0195. The van der Waals surface area contributed by atoms with Crippen molar-refractivity contribution in [1.29, 1.82) is 0 Å². The summed E-state index contributed by atoms with van der Waals surface area (Å²) in [6, 6.07) is 3.80. The number of hydrogen-bond acceptors (Lipinski definition) is 7. The van der Waals surface area contributed by atoms with Crippen LogP contribution >= 0.6 is 0 Å². The van der Waals surface area contributed by atoms with Crippen LogP contribution in [0.25, 0.3) is 0 Å². The van der Waals surface area contributed by atoms with E-state index in [9.17, 15) is 13.2 Å². The third-order valence-electron chi connectivity index (χ3n) is 2.08. The first-order chi connectivity index (χ1) is 9.58. The normalized spacial score (nSPS) is 11.1. The van der Waals surface area contributed by atoms with Crippen LogP contribution in [-0.4, -0.2) is 44.1 Å². The van der Waals surface area contributed by atoms with Gasteiger partial charge in [-0.05, 0) is 26.0 Å². The highest BCUT2D eigenvalue weighted by molar-refractivity contribution is 7.89. The standard InChI is InChI=1S/C11H16BNO7S/c1-7(2)19-10-6-8(20-12(15)16)4-5-9(10)11(14)13-21(3,17)18/h4-7,15-16H,1-3H3,(H,13,14). The Balaban J connectivity index is 3.15. The zero-order valence-corrected chi connectivity index (χ0v) is 12.5. The molecular formula is C11H16BNO7S. The van der Waals surface area contributed by atoms with Gasteiger partial charge < -0.3 is 19.4 Å². The lowest BCUT2D eigenvalue weighted by Gasteiger charge is -2.15. The first-order valence-electron chi connectivity index (χ1n) is 5.94. The monoisotopic (exact) mass is 317 g/mol. The summed E-state index contributed by atoms with van der Waals surface area (Å²) in [5, 5.41) is 17.5. The van der Waals surface area contributed by atoms with Crippen molar-refractivity contribution in [3.63, 3.8) is 0 Å². The number of amides is 1. The van der Waals surface area contributed by atoms with Crippen molar-refractivity contribution in [2.75, 3.05) is 6.26 Å². The zero-order valence-electron chi connectivity index (χ0n) is 11.7. The molecule has 0 unspecified atom stereocenters. The van der Waals surface area contributed by atoms with Gasteiger partial charge >= 0.3 is 7.32 Å². The van der Waals surface area contributed by atoms with Gasteiger partial charge in [0.25, 0.3) is 5.91 Å². The van der Waals surface area contributed by atoms with Crippen molar-refractivity contribution in [3.05, 3.63) is 23.8 Å². The van der Waals surface area contributed by atoms with Crippen LogP contribution < -0.4 is 14.1 Å². The van der Waals surface area contributed by atoms with E-state index in [1.54, 1.807) is 13.8 Å². The maximum absolute atomic E-state index is 11.9. The summed E-state index contributed by atoms with van der Waals surface area (Å²) in [5.41, 5.74) is -0.0195. The lowest BCUT2D eigenvalue weighted by atomic mass is 10.1. The van der Waals surface area contributed by atoms with Crippen molar-refractivity contribution < 1.29 is 32.7 Å². The molecule has 0 saturated heterocycles. The number of carbonyl (C=O) groups is 1. The van der Waals surface area contributed by atoms with Crippen LogP contribution in [0.15, 0.2) is 18.2 Å².